The number of amides is 1. The number of methoxy groups -OCH3 is 2. The summed E-state index contributed by atoms with van der Waals surface area (Å²) in [6, 6.07) is 18.4. The Balaban J connectivity index is 1.24. The lowest BCUT2D eigenvalue weighted by atomic mass is 9.47. The van der Waals surface area contributed by atoms with Crippen molar-refractivity contribution >= 4 is 46.0 Å². The van der Waals surface area contributed by atoms with E-state index >= 15 is 4.79 Å². The average Bonchev–Trinajstić information content (AvgIpc) is 3.97. The van der Waals surface area contributed by atoms with Gasteiger partial charge in [-0.05, 0) is 80.0 Å². The third kappa shape index (κ3) is 6.22. The molecule has 9 atom stereocenters. The fourth-order valence-electron chi connectivity index (χ4n) is 14.0. The Kier molecular flexibility index (Phi) is 10.8. The monoisotopic (exact) mass is 901 g/mol. The number of hydrogen-bond acceptors (Lipinski definition) is 10. The zero-order valence-corrected chi connectivity index (χ0v) is 39.0. The van der Waals surface area contributed by atoms with Gasteiger partial charge in [0.05, 0.1) is 37.4 Å². The summed E-state index contributed by atoms with van der Waals surface area (Å²) < 4.78 is 18.9. The second-order valence-electron chi connectivity index (χ2n) is 19.3. The topological polar surface area (TPSA) is 137 Å². The highest BCUT2D eigenvalue weighted by Gasteiger charge is 2.78. The molecule has 4 aromatic rings. The molecular formula is C52H60ClN5O7. The molecule has 6 aliphatic rings. The SMILES string of the molecule is CCC1=C[C@@H]2CN(CCc3c([nH]c4ccccc34)[C@@](C(=O)OC)(c3cc4c(cc3OC)N(C)[C@H]3[C@@](O)(CNC(=O)c5ccccc5Cl)[C@H](OC(C)=O)[C@]5(CC)C=CCN6CC[C@]43[C@@H]65)C2)C1. The van der Waals surface area contributed by atoms with E-state index in [1.54, 1.807) is 31.4 Å². The molecule has 1 saturated heterocycles. The van der Waals surface area contributed by atoms with Gasteiger partial charge in [-0.1, -0.05) is 79.6 Å². The summed E-state index contributed by atoms with van der Waals surface area (Å²) in [6.45, 7) is 9.38. The van der Waals surface area contributed by atoms with Gasteiger partial charge in [-0.15, -0.1) is 0 Å². The molecule has 10 rings (SSSR count). The fraction of sp³-hybridized carbons (Fsp3) is 0.481. The van der Waals surface area contributed by atoms with Crippen LogP contribution in [0.25, 0.3) is 10.9 Å². The molecule has 3 aromatic carbocycles. The van der Waals surface area contributed by atoms with Crippen LogP contribution in [0.3, 0.4) is 0 Å². The molecule has 3 N–H and O–H groups in total. The number of hydrogen-bond donors (Lipinski definition) is 3. The zero-order chi connectivity index (χ0) is 45.6. The smallest absolute Gasteiger partial charge is 0.322 e. The number of benzene rings is 3. The van der Waals surface area contributed by atoms with Gasteiger partial charge in [-0.3, -0.25) is 24.2 Å². The van der Waals surface area contributed by atoms with E-state index in [9.17, 15) is 14.7 Å². The van der Waals surface area contributed by atoms with E-state index in [0.29, 0.717) is 43.7 Å². The van der Waals surface area contributed by atoms with E-state index in [-0.39, 0.29) is 35.1 Å². The van der Waals surface area contributed by atoms with E-state index in [0.717, 1.165) is 65.9 Å². The third-order valence-electron chi connectivity index (χ3n) is 16.3. The van der Waals surface area contributed by atoms with Crippen molar-refractivity contribution in [1.29, 1.82) is 0 Å². The van der Waals surface area contributed by atoms with Crippen molar-refractivity contribution in [3.8, 4) is 5.75 Å². The molecule has 6 heterocycles. The molecule has 1 aliphatic carbocycles. The van der Waals surface area contributed by atoms with Crippen LogP contribution >= 0.6 is 11.6 Å². The second kappa shape index (κ2) is 16.0. The first-order chi connectivity index (χ1) is 31.3. The first-order valence-corrected chi connectivity index (χ1v) is 23.6. The average molecular weight is 903 g/mol. The number of aromatic nitrogens is 1. The fourth-order valence-corrected chi connectivity index (χ4v) is 14.2. The molecule has 5 aliphatic heterocycles. The highest BCUT2D eigenvalue weighted by atomic mass is 35.5. The van der Waals surface area contributed by atoms with Crippen molar-refractivity contribution in [3.63, 3.8) is 0 Å². The van der Waals surface area contributed by atoms with Crippen molar-refractivity contribution in [2.75, 3.05) is 65.4 Å². The van der Waals surface area contributed by atoms with Crippen molar-refractivity contribution < 1.29 is 33.7 Å². The molecule has 2 fully saturated rings. The van der Waals surface area contributed by atoms with Gasteiger partial charge in [0.1, 0.15) is 22.9 Å². The quantitative estimate of drug-likeness (QED) is 0.123. The summed E-state index contributed by atoms with van der Waals surface area (Å²) in [5.41, 5.74) is 2.17. The van der Waals surface area contributed by atoms with Gasteiger partial charge >= 0.3 is 11.9 Å². The first kappa shape index (κ1) is 43.7. The Hall–Kier alpha value is -5.14. The molecule has 1 amide bonds. The molecular weight excluding hydrogens is 842 g/mol. The van der Waals surface area contributed by atoms with Crippen LogP contribution in [0.2, 0.25) is 5.02 Å². The Morgan fingerprint density at radius 1 is 1.02 bits per heavy atom. The number of likely N-dealkylation sites (N-methyl/N-ethyl adjacent to an activating group) is 1. The number of carbonyl (C=O) groups excluding carboxylic acids is 3. The maximum atomic E-state index is 15.5. The summed E-state index contributed by atoms with van der Waals surface area (Å²) in [6.07, 6.45) is 8.90. The predicted molar refractivity (Wildman–Crippen MR) is 251 cm³/mol. The number of H-pyrrole nitrogens is 1. The number of ether oxygens (including phenoxy) is 3. The molecule has 1 unspecified atom stereocenters. The Labute approximate surface area is 385 Å². The van der Waals surface area contributed by atoms with E-state index in [2.05, 4.69) is 81.3 Å². The van der Waals surface area contributed by atoms with Crippen LogP contribution in [0.4, 0.5) is 5.69 Å². The number of nitrogens with one attached hydrogen (secondary N) is 2. The molecule has 65 heavy (non-hydrogen) atoms. The summed E-state index contributed by atoms with van der Waals surface area (Å²) in [4.78, 5) is 53.8. The molecule has 2 bridgehead atoms. The van der Waals surface area contributed by atoms with Gasteiger partial charge in [0.15, 0.2) is 0 Å². The zero-order valence-electron chi connectivity index (χ0n) is 38.2. The van der Waals surface area contributed by atoms with Crippen molar-refractivity contribution in [2.24, 2.45) is 11.3 Å². The standard InChI is InChI=1S/C52H60ClN5O7/c1-7-32-24-33-27-51(48(61)64-6,43-35(18-22-57(28-32)29-33)34-14-10-12-17-40(34)55-43)38-25-37-41(26-42(38)63-5)56(4)46-50(37)20-23-58-21-13-19-49(8-2,45(50)58)47(65-31(3)59)52(46,62)30-54-44(60)36-15-9-11-16-39(36)53/h9-17,19,24-26,33,45-47,55,62H,7-8,18,20-23,27-30H2,1-6H3,(H,54,60)/t33-,45-,46+,47+,49+,50+,51-,52-/m0/s1. The van der Waals surface area contributed by atoms with Gasteiger partial charge in [-0.2, -0.15) is 0 Å². The number of rotatable bonds is 9. The number of anilines is 1. The van der Waals surface area contributed by atoms with Crippen molar-refractivity contribution in [1.82, 2.24) is 20.1 Å². The highest BCUT2D eigenvalue weighted by Crippen LogP contribution is 2.68. The maximum absolute atomic E-state index is 15.5. The lowest BCUT2D eigenvalue weighted by molar-refractivity contribution is -0.216. The molecule has 1 saturated carbocycles. The highest BCUT2D eigenvalue weighted by molar-refractivity contribution is 6.33. The molecule has 13 heteroatoms. The maximum Gasteiger partial charge on any atom is 0.322 e. The lowest BCUT2D eigenvalue weighted by Crippen LogP contribution is -2.81. The van der Waals surface area contributed by atoms with E-state index in [4.69, 9.17) is 25.8 Å². The van der Waals surface area contributed by atoms with E-state index < -0.39 is 45.9 Å². The van der Waals surface area contributed by atoms with Crippen LogP contribution in [0.5, 0.6) is 5.75 Å². The second-order valence-corrected chi connectivity index (χ2v) is 19.7. The summed E-state index contributed by atoms with van der Waals surface area (Å²) >= 11 is 6.54. The lowest BCUT2D eigenvalue weighted by Gasteiger charge is -2.64. The van der Waals surface area contributed by atoms with E-state index in [1.807, 2.05) is 19.2 Å². The number of carbonyl (C=O) groups is 3. The van der Waals surface area contributed by atoms with Crippen LogP contribution in [0, 0.1) is 11.3 Å². The van der Waals surface area contributed by atoms with Gasteiger partial charge in [-0.25, -0.2) is 0 Å². The molecule has 1 aromatic heterocycles. The normalized spacial score (nSPS) is 32.2. The minimum Gasteiger partial charge on any atom is -0.496 e. The number of nitrogens with zero attached hydrogens (tertiary/aromatic N) is 3. The summed E-state index contributed by atoms with van der Waals surface area (Å²) in [5.74, 6) is -0.793. The minimum atomic E-state index is -1.84. The first-order valence-electron chi connectivity index (χ1n) is 23.2. The number of fused-ring (bicyclic) bond motifs is 6. The predicted octanol–water partition coefficient (Wildman–Crippen LogP) is 6.71. The number of esters is 2. The van der Waals surface area contributed by atoms with Gasteiger partial charge < -0.3 is 34.5 Å². The van der Waals surface area contributed by atoms with Crippen LogP contribution in [0.1, 0.15) is 79.2 Å². The molecule has 12 nitrogen and oxygen atoms in total. The number of halogens is 1. The van der Waals surface area contributed by atoms with Crippen molar-refractivity contribution in [3.05, 3.63) is 117 Å². The van der Waals surface area contributed by atoms with Crippen molar-refractivity contribution in [2.45, 2.75) is 87.5 Å². The van der Waals surface area contributed by atoms with Gasteiger partial charge in [0.2, 0.25) is 0 Å². The molecule has 342 valence electrons. The Morgan fingerprint density at radius 2 is 1.80 bits per heavy atom. The third-order valence-corrected chi connectivity index (χ3v) is 16.6. The molecule has 1 spiro atoms. The van der Waals surface area contributed by atoms with Crippen LogP contribution in [0.15, 0.2) is 84.5 Å². The van der Waals surface area contributed by atoms with Crippen LogP contribution in [-0.4, -0.2) is 122 Å². The van der Waals surface area contributed by atoms with E-state index in [1.165, 1.54) is 19.6 Å². The minimum absolute atomic E-state index is 0.0193. The number of aromatic amines is 1. The largest absolute Gasteiger partial charge is 0.496 e. The number of aliphatic hydroxyl groups is 1. The van der Waals surface area contributed by atoms with Gasteiger partial charge in [0, 0.05) is 90.9 Å². The summed E-state index contributed by atoms with van der Waals surface area (Å²) in [7, 11) is 5.11. The Morgan fingerprint density at radius 3 is 2.54 bits per heavy atom. The summed E-state index contributed by atoms with van der Waals surface area (Å²) in [5, 5.41) is 18.4. The molecule has 0 radical (unpaired) electrons. The van der Waals surface area contributed by atoms with Crippen LogP contribution < -0.4 is 15.0 Å². The van der Waals surface area contributed by atoms with Gasteiger partial charge in [0.25, 0.3) is 5.91 Å². The van der Waals surface area contributed by atoms with Crippen LogP contribution in [-0.2, 0) is 36.3 Å². The Bertz CT molecular complexity index is 2660. The number of para-hydroxylation sites is 1.